The van der Waals surface area contributed by atoms with Crippen LogP contribution in [0.15, 0.2) is 42.5 Å². The second kappa shape index (κ2) is 8.30. The van der Waals surface area contributed by atoms with Crippen molar-refractivity contribution in [3.8, 4) is 5.75 Å². The summed E-state index contributed by atoms with van der Waals surface area (Å²) < 4.78 is 49.3. The Morgan fingerprint density at radius 3 is 2.53 bits per heavy atom. The van der Waals surface area contributed by atoms with Crippen molar-refractivity contribution < 1.29 is 27.4 Å². The monoisotopic (exact) mass is 419 g/mol. The van der Waals surface area contributed by atoms with E-state index in [9.17, 15) is 18.0 Å². The minimum Gasteiger partial charge on any atom is -0.480 e. The molecule has 7 heteroatoms. The van der Waals surface area contributed by atoms with E-state index in [0.29, 0.717) is 19.0 Å². The molecule has 2 aliphatic heterocycles. The van der Waals surface area contributed by atoms with Gasteiger partial charge >= 0.3 is 6.18 Å². The number of halogens is 3. The lowest BCUT2D eigenvalue weighted by Gasteiger charge is -2.22. The Bertz CT molecular complexity index is 922. The summed E-state index contributed by atoms with van der Waals surface area (Å²) in [6.45, 7) is 3.34. The van der Waals surface area contributed by atoms with Crippen LogP contribution in [-0.2, 0) is 17.8 Å². The lowest BCUT2D eigenvalue weighted by molar-refractivity contribution is -0.189. The summed E-state index contributed by atoms with van der Waals surface area (Å²) in [5.41, 5.74) is 3.57. The molecule has 2 aromatic rings. The van der Waals surface area contributed by atoms with Gasteiger partial charge in [-0.15, -0.1) is 0 Å². The zero-order valence-electron chi connectivity index (χ0n) is 16.7. The van der Waals surface area contributed by atoms with Crippen LogP contribution in [0.4, 0.5) is 13.2 Å². The number of benzene rings is 2. The van der Waals surface area contributed by atoms with E-state index in [1.807, 2.05) is 0 Å². The zero-order valence-corrected chi connectivity index (χ0v) is 16.7. The van der Waals surface area contributed by atoms with Gasteiger partial charge in [-0.25, -0.2) is 0 Å². The second-order valence-electron chi connectivity index (χ2n) is 7.87. The molecule has 2 aromatic carbocycles. The van der Waals surface area contributed by atoms with E-state index in [2.05, 4.69) is 18.2 Å². The summed E-state index contributed by atoms with van der Waals surface area (Å²) in [5, 5.41) is 0. The molecule has 1 amide bonds. The quantitative estimate of drug-likeness (QED) is 0.695. The first-order valence-electron chi connectivity index (χ1n) is 10.1. The SMILES string of the molecule is C[C@H](Oc1ccccc1C(=O)N1Cc2ccc(C3CCOCC3)cc2C1)C(F)(F)F. The van der Waals surface area contributed by atoms with Crippen LogP contribution >= 0.6 is 0 Å². The number of para-hydroxylation sites is 1. The highest BCUT2D eigenvalue weighted by atomic mass is 19.4. The van der Waals surface area contributed by atoms with Crippen molar-refractivity contribution in [1.82, 2.24) is 4.90 Å². The number of amides is 1. The molecular formula is C23H24F3NO3. The molecular weight excluding hydrogens is 395 g/mol. The van der Waals surface area contributed by atoms with Crippen LogP contribution in [0, 0.1) is 0 Å². The van der Waals surface area contributed by atoms with Crippen molar-refractivity contribution in [1.29, 1.82) is 0 Å². The second-order valence-corrected chi connectivity index (χ2v) is 7.87. The highest BCUT2D eigenvalue weighted by molar-refractivity contribution is 5.97. The van der Waals surface area contributed by atoms with Gasteiger partial charge in [0, 0.05) is 26.3 Å². The third-order valence-corrected chi connectivity index (χ3v) is 5.81. The van der Waals surface area contributed by atoms with Gasteiger partial charge in [-0.1, -0.05) is 30.3 Å². The fourth-order valence-corrected chi connectivity index (χ4v) is 4.02. The summed E-state index contributed by atoms with van der Waals surface area (Å²) in [4.78, 5) is 14.8. The van der Waals surface area contributed by atoms with Crippen LogP contribution in [0.5, 0.6) is 5.75 Å². The number of rotatable bonds is 4. The third-order valence-electron chi connectivity index (χ3n) is 5.81. The molecule has 4 rings (SSSR count). The maximum Gasteiger partial charge on any atom is 0.425 e. The largest absolute Gasteiger partial charge is 0.480 e. The van der Waals surface area contributed by atoms with Crippen molar-refractivity contribution >= 4 is 5.91 Å². The van der Waals surface area contributed by atoms with E-state index in [1.165, 1.54) is 17.7 Å². The van der Waals surface area contributed by atoms with Crippen LogP contribution < -0.4 is 4.74 Å². The number of carbonyl (C=O) groups is 1. The first-order chi connectivity index (χ1) is 14.3. The highest BCUT2D eigenvalue weighted by Crippen LogP contribution is 2.33. The van der Waals surface area contributed by atoms with Gasteiger partial charge in [0.05, 0.1) is 5.56 Å². The lowest BCUT2D eigenvalue weighted by Crippen LogP contribution is -2.32. The van der Waals surface area contributed by atoms with Crippen LogP contribution in [-0.4, -0.2) is 36.3 Å². The molecule has 2 aliphatic rings. The van der Waals surface area contributed by atoms with Gasteiger partial charge in [0.25, 0.3) is 5.91 Å². The minimum absolute atomic E-state index is 0.0498. The van der Waals surface area contributed by atoms with E-state index >= 15 is 0 Å². The van der Waals surface area contributed by atoms with Gasteiger partial charge < -0.3 is 14.4 Å². The van der Waals surface area contributed by atoms with Crippen LogP contribution in [0.25, 0.3) is 0 Å². The molecule has 30 heavy (non-hydrogen) atoms. The average molecular weight is 419 g/mol. The summed E-state index contributed by atoms with van der Waals surface area (Å²) in [6.07, 6.45) is -4.52. The fraction of sp³-hybridized carbons (Fsp3) is 0.435. The molecule has 0 aromatic heterocycles. The van der Waals surface area contributed by atoms with Crippen molar-refractivity contribution in [2.75, 3.05) is 13.2 Å². The number of hydrogen-bond acceptors (Lipinski definition) is 3. The molecule has 2 heterocycles. The van der Waals surface area contributed by atoms with Crippen molar-refractivity contribution in [2.24, 2.45) is 0 Å². The molecule has 1 atom stereocenters. The number of hydrogen-bond donors (Lipinski definition) is 0. The Kier molecular flexibility index (Phi) is 5.73. The van der Waals surface area contributed by atoms with Crippen LogP contribution in [0.3, 0.4) is 0 Å². The first-order valence-corrected chi connectivity index (χ1v) is 10.1. The summed E-state index contributed by atoms with van der Waals surface area (Å²) in [7, 11) is 0. The summed E-state index contributed by atoms with van der Waals surface area (Å²) in [5.74, 6) is 0.0850. The molecule has 0 bridgehead atoms. The molecule has 0 aliphatic carbocycles. The van der Waals surface area contributed by atoms with Gasteiger partial charge in [-0.3, -0.25) is 4.79 Å². The van der Waals surface area contributed by atoms with Gasteiger partial charge in [-0.2, -0.15) is 13.2 Å². The molecule has 0 unspecified atom stereocenters. The molecule has 1 saturated heterocycles. The number of alkyl halides is 3. The first kappa shape index (κ1) is 20.7. The van der Waals surface area contributed by atoms with Gasteiger partial charge in [0.1, 0.15) is 5.75 Å². The fourth-order valence-electron chi connectivity index (χ4n) is 4.02. The standard InChI is InChI=1S/C23H24F3NO3/c1-15(23(24,25)26)30-21-5-3-2-4-20(21)22(28)27-13-18-7-6-17(12-19(18)14-27)16-8-10-29-11-9-16/h2-7,12,15-16H,8-11,13-14H2,1H3/t15-/m0/s1. The Morgan fingerprint density at radius 1 is 1.10 bits per heavy atom. The zero-order chi connectivity index (χ0) is 21.3. The summed E-state index contributed by atoms with van der Waals surface area (Å²) in [6, 6.07) is 12.4. The molecule has 1 fully saturated rings. The number of carbonyl (C=O) groups excluding carboxylic acids is 1. The molecule has 0 N–H and O–H groups in total. The van der Waals surface area contributed by atoms with E-state index in [1.54, 1.807) is 17.0 Å². The maximum atomic E-state index is 13.1. The van der Waals surface area contributed by atoms with Crippen LogP contribution in [0.2, 0.25) is 0 Å². The van der Waals surface area contributed by atoms with E-state index in [-0.39, 0.29) is 17.2 Å². The topological polar surface area (TPSA) is 38.8 Å². The number of fused-ring (bicyclic) bond motifs is 1. The van der Waals surface area contributed by atoms with Crippen LogP contribution in [0.1, 0.15) is 52.7 Å². The van der Waals surface area contributed by atoms with Crippen molar-refractivity contribution in [2.45, 2.75) is 51.1 Å². The third kappa shape index (κ3) is 4.31. The Labute approximate surface area is 173 Å². The molecule has 4 nitrogen and oxygen atoms in total. The highest BCUT2D eigenvalue weighted by Gasteiger charge is 2.39. The Balaban J connectivity index is 1.51. The van der Waals surface area contributed by atoms with Crippen molar-refractivity contribution in [3.05, 3.63) is 64.7 Å². The number of ether oxygens (including phenoxy) is 2. The Hall–Kier alpha value is -2.54. The average Bonchev–Trinajstić information content (AvgIpc) is 3.17. The predicted molar refractivity (Wildman–Crippen MR) is 105 cm³/mol. The normalized spacial score (nSPS) is 18.2. The van der Waals surface area contributed by atoms with Crippen molar-refractivity contribution in [3.63, 3.8) is 0 Å². The number of nitrogens with zero attached hydrogens (tertiary/aromatic N) is 1. The predicted octanol–water partition coefficient (Wildman–Crippen LogP) is 5.07. The molecule has 0 saturated carbocycles. The van der Waals surface area contributed by atoms with E-state index in [4.69, 9.17) is 9.47 Å². The lowest BCUT2D eigenvalue weighted by atomic mass is 9.90. The molecule has 160 valence electrons. The van der Waals surface area contributed by atoms with E-state index in [0.717, 1.165) is 44.1 Å². The molecule has 0 spiro atoms. The maximum absolute atomic E-state index is 13.1. The smallest absolute Gasteiger partial charge is 0.425 e. The Morgan fingerprint density at radius 2 is 1.80 bits per heavy atom. The van der Waals surface area contributed by atoms with E-state index < -0.39 is 12.3 Å². The van der Waals surface area contributed by atoms with Gasteiger partial charge in [-0.05, 0) is 54.5 Å². The molecule has 0 radical (unpaired) electrons. The summed E-state index contributed by atoms with van der Waals surface area (Å²) >= 11 is 0. The van der Waals surface area contributed by atoms with Gasteiger partial charge in [0.2, 0.25) is 0 Å². The minimum atomic E-state index is -4.50. The van der Waals surface area contributed by atoms with Gasteiger partial charge in [0.15, 0.2) is 6.10 Å².